The summed E-state index contributed by atoms with van der Waals surface area (Å²) in [6.07, 6.45) is 1.42. The summed E-state index contributed by atoms with van der Waals surface area (Å²) >= 11 is 0. The quantitative estimate of drug-likeness (QED) is 0.194. The highest BCUT2D eigenvalue weighted by Gasteiger charge is 2.51. The molecule has 1 N–H and O–H groups in total. The van der Waals surface area contributed by atoms with E-state index in [9.17, 15) is 14.3 Å². The zero-order valence-electron chi connectivity index (χ0n) is 23.9. The molecule has 44 heavy (non-hydrogen) atoms. The fourth-order valence-corrected chi connectivity index (χ4v) is 5.35. The second kappa shape index (κ2) is 11.9. The van der Waals surface area contributed by atoms with Crippen molar-refractivity contribution in [2.45, 2.75) is 37.8 Å². The summed E-state index contributed by atoms with van der Waals surface area (Å²) in [4.78, 5) is 21.1. The van der Waals surface area contributed by atoms with Crippen molar-refractivity contribution in [3.63, 3.8) is 0 Å². The van der Waals surface area contributed by atoms with Crippen molar-refractivity contribution >= 4 is 17.0 Å². The molecule has 1 aliphatic carbocycles. The van der Waals surface area contributed by atoms with Crippen molar-refractivity contribution in [3.8, 4) is 23.2 Å². The van der Waals surface area contributed by atoms with Gasteiger partial charge >= 0.3 is 5.97 Å². The van der Waals surface area contributed by atoms with Crippen LogP contribution in [0.4, 0.5) is 8.78 Å². The topological polar surface area (TPSA) is 110 Å². The monoisotopic (exact) mass is 594 g/mol. The molecule has 0 unspecified atom stereocenters. The molecule has 1 fully saturated rings. The Labute approximate surface area is 252 Å². The van der Waals surface area contributed by atoms with Gasteiger partial charge in [0, 0.05) is 37.3 Å². The van der Waals surface area contributed by atoms with E-state index in [-0.39, 0.29) is 30.0 Å². The van der Waals surface area contributed by atoms with Crippen LogP contribution in [0.15, 0.2) is 72.8 Å². The number of nitriles is 1. The fourth-order valence-electron chi connectivity index (χ4n) is 5.35. The van der Waals surface area contributed by atoms with E-state index in [1.807, 2.05) is 28.8 Å². The lowest BCUT2D eigenvalue weighted by atomic mass is 9.96. The largest absolute Gasteiger partial charge is 0.481 e. The summed E-state index contributed by atoms with van der Waals surface area (Å²) in [5.74, 6) is -0.901. The number of rotatable bonds is 11. The number of carboxylic acids is 1. The summed E-state index contributed by atoms with van der Waals surface area (Å²) in [7, 11) is 1.60. The number of methoxy groups -OCH3 is 1. The molecule has 6 rings (SSSR count). The summed E-state index contributed by atoms with van der Waals surface area (Å²) in [5.41, 5.74) is 3.38. The van der Waals surface area contributed by atoms with Crippen molar-refractivity contribution in [1.82, 2.24) is 14.5 Å². The fraction of sp³-hybridized carbons (Fsp3) is 0.235. The smallest absolute Gasteiger partial charge is 0.314 e. The first-order valence-corrected chi connectivity index (χ1v) is 14.1. The molecule has 1 saturated carbocycles. The van der Waals surface area contributed by atoms with Crippen LogP contribution in [0.3, 0.4) is 0 Å². The molecule has 2 aromatic heterocycles. The van der Waals surface area contributed by atoms with Gasteiger partial charge in [-0.1, -0.05) is 30.3 Å². The number of imidazole rings is 1. The Morgan fingerprint density at radius 3 is 2.52 bits per heavy atom. The molecule has 2 heterocycles. The van der Waals surface area contributed by atoms with Gasteiger partial charge in [-0.15, -0.1) is 0 Å². The van der Waals surface area contributed by atoms with Crippen molar-refractivity contribution in [3.05, 3.63) is 113 Å². The number of pyridine rings is 1. The number of nitrogens with zero attached hydrogens (tertiary/aromatic N) is 4. The molecule has 5 aromatic rings. The number of halogens is 2. The number of carbonyl (C=O) groups is 1. The van der Waals surface area contributed by atoms with Crippen LogP contribution in [-0.2, 0) is 34.5 Å². The first kappa shape index (κ1) is 29.0. The van der Waals surface area contributed by atoms with E-state index >= 15 is 4.39 Å². The molecule has 8 nitrogen and oxygen atoms in total. The van der Waals surface area contributed by atoms with Gasteiger partial charge in [0.05, 0.1) is 40.4 Å². The van der Waals surface area contributed by atoms with E-state index in [0.717, 1.165) is 17.1 Å². The maximum absolute atomic E-state index is 15.5. The molecule has 1 aliphatic rings. The summed E-state index contributed by atoms with van der Waals surface area (Å²) in [5, 5.41) is 18.7. The highest BCUT2D eigenvalue weighted by molar-refractivity contribution is 5.87. The Bertz CT molecular complexity index is 1930. The number of aromatic nitrogens is 3. The Morgan fingerprint density at radius 1 is 1.02 bits per heavy atom. The Morgan fingerprint density at radius 2 is 1.82 bits per heavy atom. The van der Waals surface area contributed by atoms with Crippen LogP contribution >= 0.6 is 0 Å². The molecule has 0 atom stereocenters. The van der Waals surface area contributed by atoms with Gasteiger partial charge in [-0.3, -0.25) is 4.79 Å². The number of fused-ring (bicyclic) bond motifs is 1. The third-order valence-electron chi connectivity index (χ3n) is 8.04. The maximum Gasteiger partial charge on any atom is 0.314 e. The van der Waals surface area contributed by atoms with Crippen LogP contribution in [-0.4, -0.2) is 39.3 Å². The van der Waals surface area contributed by atoms with Gasteiger partial charge in [0.2, 0.25) is 5.88 Å². The number of carboxylic acid groups (broad SMARTS) is 1. The maximum atomic E-state index is 15.5. The van der Waals surface area contributed by atoms with Gasteiger partial charge in [-0.25, -0.2) is 18.7 Å². The number of benzene rings is 3. The van der Waals surface area contributed by atoms with E-state index in [1.165, 1.54) is 18.2 Å². The number of hydrogen-bond donors (Lipinski definition) is 1. The highest BCUT2D eigenvalue weighted by atomic mass is 19.1. The van der Waals surface area contributed by atoms with Crippen LogP contribution in [0.1, 0.15) is 40.9 Å². The zero-order chi connectivity index (χ0) is 30.8. The van der Waals surface area contributed by atoms with Crippen LogP contribution in [0.2, 0.25) is 0 Å². The van der Waals surface area contributed by atoms with Crippen LogP contribution < -0.4 is 4.74 Å². The number of aliphatic carboxylic acids is 1. The molecule has 0 saturated heterocycles. The molecule has 0 radical (unpaired) electrons. The van der Waals surface area contributed by atoms with Crippen molar-refractivity contribution in [2.75, 3.05) is 13.7 Å². The van der Waals surface area contributed by atoms with Crippen molar-refractivity contribution < 1.29 is 28.2 Å². The van der Waals surface area contributed by atoms with Gasteiger partial charge in [0.1, 0.15) is 24.1 Å². The van der Waals surface area contributed by atoms with E-state index in [1.54, 1.807) is 37.4 Å². The summed E-state index contributed by atoms with van der Waals surface area (Å²) in [6.45, 7) is 0.814. The lowest BCUT2D eigenvalue weighted by Crippen LogP contribution is -2.19. The van der Waals surface area contributed by atoms with E-state index in [4.69, 9.17) is 19.7 Å². The lowest BCUT2D eigenvalue weighted by Gasteiger charge is -2.13. The minimum atomic E-state index is -0.844. The summed E-state index contributed by atoms with van der Waals surface area (Å²) < 4.78 is 42.7. The first-order chi connectivity index (χ1) is 21.3. The Hall–Kier alpha value is -5.14. The summed E-state index contributed by atoms with van der Waals surface area (Å²) in [6, 6.07) is 21.6. The van der Waals surface area contributed by atoms with Crippen LogP contribution in [0, 0.1) is 23.0 Å². The molecule has 222 valence electrons. The van der Waals surface area contributed by atoms with Crippen LogP contribution in [0.25, 0.3) is 22.3 Å². The second-order valence-corrected chi connectivity index (χ2v) is 10.8. The van der Waals surface area contributed by atoms with Crippen molar-refractivity contribution in [2.24, 2.45) is 0 Å². The molecule has 0 spiro atoms. The second-order valence-electron chi connectivity index (χ2n) is 10.8. The third-order valence-corrected chi connectivity index (χ3v) is 8.04. The molecule has 10 heteroatoms. The van der Waals surface area contributed by atoms with Gasteiger partial charge in [-0.05, 0) is 60.4 Å². The van der Waals surface area contributed by atoms with E-state index in [0.29, 0.717) is 54.2 Å². The minimum Gasteiger partial charge on any atom is -0.481 e. The SMILES string of the molecule is COCCn1c(Cc2ccc(-c3cccc(OCc4ccc(C#N)cc4F)n3)cc2F)nc2ccc(C3(C(=O)O)CC3)cc21. The third kappa shape index (κ3) is 5.62. The van der Waals surface area contributed by atoms with E-state index < -0.39 is 23.0 Å². The molecule has 0 bridgehead atoms. The standard InChI is InChI=1S/C34H28F2N4O4/c1-43-14-13-40-30-18-25(34(11-12-34)33(41)42)9-10-29(30)38-31(40)17-22-7-8-23(16-27(22)36)28-3-2-4-32(39-28)44-20-24-6-5-21(19-37)15-26(24)35/h2-10,15-16,18H,11-14,17,20H2,1H3,(H,41,42). The highest BCUT2D eigenvalue weighted by Crippen LogP contribution is 2.49. The minimum absolute atomic E-state index is 0.0792. The van der Waals surface area contributed by atoms with Gasteiger partial charge in [0.15, 0.2) is 0 Å². The molecular weight excluding hydrogens is 566 g/mol. The lowest BCUT2D eigenvalue weighted by molar-refractivity contribution is -0.140. The normalized spacial score (nSPS) is 13.5. The number of ether oxygens (including phenoxy) is 2. The predicted molar refractivity (Wildman–Crippen MR) is 158 cm³/mol. The van der Waals surface area contributed by atoms with Crippen LogP contribution in [0.5, 0.6) is 5.88 Å². The van der Waals surface area contributed by atoms with Gasteiger partial charge in [0.25, 0.3) is 0 Å². The molecule has 0 amide bonds. The first-order valence-electron chi connectivity index (χ1n) is 14.1. The Kier molecular flexibility index (Phi) is 7.80. The van der Waals surface area contributed by atoms with E-state index in [2.05, 4.69) is 4.98 Å². The zero-order valence-corrected chi connectivity index (χ0v) is 23.9. The van der Waals surface area contributed by atoms with Gasteiger partial charge in [-0.2, -0.15) is 5.26 Å². The predicted octanol–water partition coefficient (Wildman–Crippen LogP) is 6.18. The van der Waals surface area contributed by atoms with Gasteiger partial charge < -0.3 is 19.1 Å². The average Bonchev–Trinajstić information content (AvgIpc) is 3.78. The number of hydrogen-bond acceptors (Lipinski definition) is 6. The Balaban J connectivity index is 1.23. The average molecular weight is 595 g/mol. The van der Waals surface area contributed by atoms with Crippen molar-refractivity contribution in [1.29, 1.82) is 5.26 Å². The molecular formula is C34H28F2N4O4. The molecule has 0 aliphatic heterocycles. The molecule has 3 aromatic carbocycles.